The van der Waals surface area contributed by atoms with Gasteiger partial charge in [-0.15, -0.1) is 0 Å². The summed E-state index contributed by atoms with van der Waals surface area (Å²) < 4.78 is 2.11. The van der Waals surface area contributed by atoms with Crippen LogP contribution in [0.25, 0.3) is 16.8 Å². The van der Waals surface area contributed by atoms with E-state index in [9.17, 15) is 4.79 Å². The summed E-state index contributed by atoms with van der Waals surface area (Å²) in [5.74, 6) is 0.673. The number of carbonyl (C=O) groups is 1. The Labute approximate surface area is 147 Å². The number of H-pyrrole nitrogens is 1. The highest BCUT2D eigenvalue weighted by Crippen LogP contribution is 2.32. The molecule has 0 spiro atoms. The molecule has 25 heavy (non-hydrogen) atoms. The third kappa shape index (κ3) is 2.90. The minimum absolute atomic E-state index is 0.119. The number of rotatable bonds is 4. The van der Waals surface area contributed by atoms with Crippen LogP contribution in [-0.2, 0) is 11.2 Å². The average Bonchev–Trinajstić information content (AvgIpc) is 3.25. The summed E-state index contributed by atoms with van der Waals surface area (Å²) in [5.41, 5.74) is 4.79. The first-order chi connectivity index (χ1) is 12.2. The summed E-state index contributed by atoms with van der Waals surface area (Å²) in [4.78, 5) is 26.6. The second-order valence-electron chi connectivity index (χ2n) is 7.08. The molecule has 0 bridgehead atoms. The quantitative estimate of drug-likeness (QED) is 0.793. The zero-order valence-corrected chi connectivity index (χ0v) is 15.0. The summed E-state index contributed by atoms with van der Waals surface area (Å²) >= 11 is 0. The van der Waals surface area contributed by atoms with Gasteiger partial charge < -0.3 is 9.88 Å². The molecule has 4 rings (SSSR count). The third-order valence-corrected chi connectivity index (χ3v) is 5.48. The summed E-state index contributed by atoms with van der Waals surface area (Å²) in [6.07, 6.45) is 12.6. The standard InChI is InChI=1S/C19H25N5O/c1-3-23(2)17(25)9-14-10-20-19-18(14)24-12-15(22-16(24)11-21-19)13-7-5-4-6-8-13/h10-13,20H,3-9H2,1-2H3. The molecular formula is C19H25N5O. The fourth-order valence-electron chi connectivity index (χ4n) is 3.82. The molecule has 132 valence electrons. The fourth-order valence-corrected chi connectivity index (χ4v) is 3.82. The van der Waals surface area contributed by atoms with Crippen molar-refractivity contribution in [3.8, 4) is 0 Å². The molecule has 1 amide bonds. The highest BCUT2D eigenvalue weighted by molar-refractivity contribution is 5.86. The SMILES string of the molecule is CCN(C)C(=O)Cc1c[nH]c2ncc3nc(C4CCCCC4)cn3c12. The van der Waals surface area contributed by atoms with Gasteiger partial charge in [0.2, 0.25) is 5.91 Å². The van der Waals surface area contributed by atoms with Crippen LogP contribution in [0.2, 0.25) is 0 Å². The van der Waals surface area contributed by atoms with E-state index in [2.05, 4.69) is 20.6 Å². The molecule has 0 atom stereocenters. The maximum Gasteiger partial charge on any atom is 0.226 e. The Hall–Kier alpha value is -2.37. The number of nitrogens with one attached hydrogen (secondary N) is 1. The lowest BCUT2D eigenvalue weighted by Crippen LogP contribution is -2.27. The van der Waals surface area contributed by atoms with Crippen LogP contribution in [0.3, 0.4) is 0 Å². The lowest BCUT2D eigenvalue weighted by Gasteiger charge is -2.19. The summed E-state index contributed by atoms with van der Waals surface area (Å²) in [6, 6.07) is 0. The molecular weight excluding hydrogens is 314 g/mol. The maximum atomic E-state index is 12.3. The van der Waals surface area contributed by atoms with Crippen molar-refractivity contribution in [2.75, 3.05) is 13.6 Å². The molecule has 6 heteroatoms. The highest BCUT2D eigenvalue weighted by atomic mass is 16.2. The largest absolute Gasteiger partial charge is 0.346 e. The van der Waals surface area contributed by atoms with Crippen LogP contribution in [0.4, 0.5) is 0 Å². The Bertz CT molecular complexity index is 903. The van der Waals surface area contributed by atoms with E-state index in [4.69, 9.17) is 4.98 Å². The van der Waals surface area contributed by atoms with Crippen LogP contribution >= 0.6 is 0 Å². The predicted octanol–water partition coefficient (Wildman–Crippen LogP) is 3.28. The first kappa shape index (κ1) is 16.1. The Morgan fingerprint density at radius 2 is 2.16 bits per heavy atom. The zero-order chi connectivity index (χ0) is 17.4. The van der Waals surface area contributed by atoms with E-state index in [-0.39, 0.29) is 5.91 Å². The van der Waals surface area contributed by atoms with Crippen LogP contribution in [0.5, 0.6) is 0 Å². The number of aromatic nitrogens is 4. The predicted molar refractivity (Wildman–Crippen MR) is 97.7 cm³/mol. The van der Waals surface area contributed by atoms with Gasteiger partial charge in [0.15, 0.2) is 11.3 Å². The minimum Gasteiger partial charge on any atom is -0.346 e. The number of hydrogen-bond donors (Lipinski definition) is 1. The normalized spacial score (nSPS) is 15.9. The monoisotopic (exact) mass is 339 g/mol. The molecule has 6 nitrogen and oxygen atoms in total. The second kappa shape index (κ2) is 6.50. The second-order valence-corrected chi connectivity index (χ2v) is 7.08. The molecule has 0 radical (unpaired) electrons. The Morgan fingerprint density at radius 1 is 1.36 bits per heavy atom. The molecule has 1 N–H and O–H groups in total. The minimum atomic E-state index is 0.119. The van der Waals surface area contributed by atoms with E-state index >= 15 is 0 Å². The van der Waals surface area contributed by atoms with E-state index in [0.29, 0.717) is 18.9 Å². The number of hydrogen-bond acceptors (Lipinski definition) is 3. The number of amides is 1. The summed E-state index contributed by atoms with van der Waals surface area (Å²) in [7, 11) is 1.84. The highest BCUT2D eigenvalue weighted by Gasteiger charge is 2.20. The van der Waals surface area contributed by atoms with Crippen molar-refractivity contribution < 1.29 is 4.79 Å². The number of aromatic amines is 1. The molecule has 0 saturated heterocycles. The van der Waals surface area contributed by atoms with Crippen molar-refractivity contribution >= 4 is 22.7 Å². The number of fused-ring (bicyclic) bond motifs is 3. The van der Waals surface area contributed by atoms with Gasteiger partial charge in [0.1, 0.15) is 0 Å². The molecule has 0 aliphatic heterocycles. The maximum absolute atomic E-state index is 12.3. The molecule has 0 unspecified atom stereocenters. The fraction of sp³-hybridized carbons (Fsp3) is 0.526. The Balaban J connectivity index is 1.75. The molecule has 1 aliphatic carbocycles. The first-order valence-corrected chi connectivity index (χ1v) is 9.25. The van der Waals surface area contributed by atoms with Crippen molar-refractivity contribution in [2.45, 2.75) is 51.4 Å². The van der Waals surface area contributed by atoms with Crippen molar-refractivity contribution in [2.24, 2.45) is 0 Å². The van der Waals surface area contributed by atoms with E-state index in [1.54, 1.807) is 4.90 Å². The molecule has 3 aromatic rings. The molecule has 1 aliphatic rings. The van der Waals surface area contributed by atoms with E-state index in [1.165, 1.54) is 32.1 Å². The van der Waals surface area contributed by atoms with Gasteiger partial charge in [0, 0.05) is 37.5 Å². The van der Waals surface area contributed by atoms with Crippen LogP contribution in [0, 0.1) is 0 Å². The summed E-state index contributed by atoms with van der Waals surface area (Å²) in [5, 5.41) is 0. The number of carbonyl (C=O) groups excluding carboxylic acids is 1. The van der Waals surface area contributed by atoms with Crippen LogP contribution in [0.1, 0.15) is 56.2 Å². The van der Waals surface area contributed by atoms with Gasteiger partial charge in [-0.2, -0.15) is 0 Å². The van der Waals surface area contributed by atoms with E-state index < -0.39 is 0 Å². The number of nitrogens with zero attached hydrogens (tertiary/aromatic N) is 4. The average molecular weight is 339 g/mol. The number of imidazole rings is 1. The molecule has 3 aromatic heterocycles. The first-order valence-electron chi connectivity index (χ1n) is 9.25. The Morgan fingerprint density at radius 3 is 2.92 bits per heavy atom. The topological polar surface area (TPSA) is 66.3 Å². The lowest BCUT2D eigenvalue weighted by atomic mass is 9.87. The summed E-state index contributed by atoms with van der Waals surface area (Å²) in [6.45, 7) is 2.70. The van der Waals surface area contributed by atoms with Crippen molar-refractivity contribution in [3.05, 3.63) is 29.8 Å². The van der Waals surface area contributed by atoms with Crippen LogP contribution in [-0.4, -0.2) is 43.8 Å². The smallest absolute Gasteiger partial charge is 0.226 e. The van der Waals surface area contributed by atoms with Crippen LogP contribution in [0.15, 0.2) is 18.6 Å². The van der Waals surface area contributed by atoms with Gasteiger partial charge in [-0.1, -0.05) is 19.3 Å². The van der Waals surface area contributed by atoms with Gasteiger partial charge in [-0.25, -0.2) is 9.97 Å². The molecule has 1 fully saturated rings. The van der Waals surface area contributed by atoms with Crippen molar-refractivity contribution in [1.82, 2.24) is 24.3 Å². The molecule has 3 heterocycles. The molecule has 1 saturated carbocycles. The van der Waals surface area contributed by atoms with Crippen molar-refractivity contribution in [1.29, 1.82) is 0 Å². The van der Waals surface area contributed by atoms with E-state index in [0.717, 1.165) is 28.1 Å². The van der Waals surface area contributed by atoms with Gasteiger partial charge >= 0.3 is 0 Å². The van der Waals surface area contributed by atoms with Gasteiger partial charge in [-0.3, -0.25) is 9.20 Å². The van der Waals surface area contributed by atoms with Crippen LogP contribution < -0.4 is 0 Å². The van der Waals surface area contributed by atoms with Gasteiger partial charge in [0.25, 0.3) is 0 Å². The third-order valence-electron chi connectivity index (χ3n) is 5.48. The number of likely N-dealkylation sites (N-methyl/N-ethyl adjacent to an activating group) is 1. The molecule has 0 aromatic carbocycles. The van der Waals surface area contributed by atoms with Gasteiger partial charge in [0.05, 0.1) is 23.8 Å². The van der Waals surface area contributed by atoms with E-state index in [1.807, 2.05) is 26.4 Å². The Kier molecular flexibility index (Phi) is 4.19. The zero-order valence-electron chi connectivity index (χ0n) is 15.0. The lowest BCUT2D eigenvalue weighted by molar-refractivity contribution is -0.128. The van der Waals surface area contributed by atoms with Gasteiger partial charge in [-0.05, 0) is 19.8 Å². The van der Waals surface area contributed by atoms with Crippen molar-refractivity contribution in [3.63, 3.8) is 0 Å².